The van der Waals surface area contributed by atoms with Gasteiger partial charge in [0.1, 0.15) is 0 Å². The van der Waals surface area contributed by atoms with Crippen molar-refractivity contribution in [1.82, 2.24) is 0 Å². The number of benzene rings is 1. The molecule has 0 N–H and O–H groups in total. The molecular weight excluding hydrogens is 236 g/mol. The summed E-state index contributed by atoms with van der Waals surface area (Å²) in [6.07, 6.45) is 5.65. The standard InChI is InChI=1S/C13H12OS2/c1-9-4-3-5-10(6-9)7-12-11(14)8-13(15-2)16-12/h3-8H,1-2H3/b12-7+. The molecule has 0 aliphatic carbocycles. The van der Waals surface area contributed by atoms with E-state index in [1.807, 2.05) is 24.5 Å². The maximum absolute atomic E-state index is 11.7. The van der Waals surface area contributed by atoms with Gasteiger partial charge < -0.3 is 0 Å². The molecule has 0 spiro atoms. The Morgan fingerprint density at radius 1 is 1.38 bits per heavy atom. The van der Waals surface area contributed by atoms with Gasteiger partial charge >= 0.3 is 0 Å². The quantitative estimate of drug-likeness (QED) is 0.740. The highest BCUT2D eigenvalue weighted by atomic mass is 32.2. The van der Waals surface area contributed by atoms with Gasteiger partial charge in [-0.25, -0.2) is 0 Å². The van der Waals surface area contributed by atoms with E-state index in [4.69, 9.17) is 0 Å². The van der Waals surface area contributed by atoms with Crippen LogP contribution in [-0.4, -0.2) is 12.0 Å². The maximum atomic E-state index is 11.7. The van der Waals surface area contributed by atoms with Crippen LogP contribution in [0.25, 0.3) is 6.08 Å². The number of carbonyl (C=O) groups excluding carboxylic acids is 1. The zero-order valence-electron chi connectivity index (χ0n) is 9.19. The predicted molar refractivity (Wildman–Crippen MR) is 73.4 cm³/mol. The Kier molecular flexibility index (Phi) is 3.56. The van der Waals surface area contributed by atoms with Crippen LogP contribution in [0.4, 0.5) is 0 Å². The molecule has 1 aliphatic heterocycles. The van der Waals surface area contributed by atoms with Crippen molar-refractivity contribution in [1.29, 1.82) is 0 Å². The minimum absolute atomic E-state index is 0.121. The van der Waals surface area contributed by atoms with Crippen LogP contribution in [0.5, 0.6) is 0 Å². The van der Waals surface area contributed by atoms with Gasteiger partial charge in [-0.15, -0.1) is 11.8 Å². The predicted octanol–water partition coefficient (Wildman–Crippen LogP) is 3.86. The van der Waals surface area contributed by atoms with E-state index in [0.717, 1.165) is 14.7 Å². The molecule has 1 aliphatic rings. The van der Waals surface area contributed by atoms with Gasteiger partial charge in [0.05, 0.1) is 4.91 Å². The second-order valence-electron chi connectivity index (χ2n) is 3.56. The lowest BCUT2D eigenvalue weighted by Gasteiger charge is -1.98. The van der Waals surface area contributed by atoms with E-state index in [1.54, 1.807) is 29.6 Å². The van der Waals surface area contributed by atoms with E-state index in [9.17, 15) is 4.79 Å². The minimum atomic E-state index is 0.121. The number of hydrogen-bond acceptors (Lipinski definition) is 3. The van der Waals surface area contributed by atoms with Gasteiger partial charge in [0.2, 0.25) is 0 Å². The smallest absolute Gasteiger partial charge is 0.194 e. The molecular formula is C13H12OS2. The Bertz CT molecular complexity index is 486. The average Bonchev–Trinajstić information content (AvgIpc) is 2.60. The van der Waals surface area contributed by atoms with Crippen molar-refractivity contribution in [2.24, 2.45) is 0 Å². The van der Waals surface area contributed by atoms with E-state index >= 15 is 0 Å². The normalized spacial score (nSPS) is 18.0. The lowest BCUT2D eigenvalue weighted by Crippen LogP contribution is -1.88. The molecule has 0 bridgehead atoms. The van der Waals surface area contributed by atoms with Crippen LogP contribution >= 0.6 is 23.5 Å². The maximum Gasteiger partial charge on any atom is 0.194 e. The van der Waals surface area contributed by atoms with Crippen molar-refractivity contribution in [3.63, 3.8) is 0 Å². The summed E-state index contributed by atoms with van der Waals surface area (Å²) in [6, 6.07) is 8.16. The first-order chi connectivity index (χ1) is 7.69. The van der Waals surface area contributed by atoms with Crippen LogP contribution in [0.3, 0.4) is 0 Å². The fourth-order valence-corrected chi connectivity index (χ4v) is 3.04. The lowest BCUT2D eigenvalue weighted by molar-refractivity contribution is -0.110. The van der Waals surface area contributed by atoms with E-state index < -0.39 is 0 Å². The fraction of sp³-hybridized carbons (Fsp3) is 0.154. The highest BCUT2D eigenvalue weighted by molar-refractivity contribution is 8.24. The van der Waals surface area contributed by atoms with Gasteiger partial charge in [0.25, 0.3) is 0 Å². The van der Waals surface area contributed by atoms with Gasteiger partial charge in [0, 0.05) is 10.3 Å². The van der Waals surface area contributed by atoms with Crippen molar-refractivity contribution >= 4 is 35.4 Å². The lowest BCUT2D eigenvalue weighted by atomic mass is 10.1. The van der Waals surface area contributed by atoms with Crippen molar-refractivity contribution in [3.8, 4) is 0 Å². The SMILES string of the molecule is CSC1=CC(=O)/C(=C\c2cccc(C)c2)S1. The third kappa shape index (κ3) is 2.60. The molecule has 0 unspecified atom stereocenters. The molecule has 0 aromatic heterocycles. The molecule has 0 saturated carbocycles. The minimum Gasteiger partial charge on any atom is -0.289 e. The van der Waals surface area contributed by atoms with Gasteiger partial charge in [-0.1, -0.05) is 41.6 Å². The number of carbonyl (C=O) groups is 1. The van der Waals surface area contributed by atoms with E-state index in [-0.39, 0.29) is 5.78 Å². The Morgan fingerprint density at radius 2 is 2.19 bits per heavy atom. The average molecular weight is 248 g/mol. The van der Waals surface area contributed by atoms with Crippen LogP contribution in [0.2, 0.25) is 0 Å². The second-order valence-corrected chi connectivity index (χ2v) is 5.75. The molecule has 82 valence electrons. The molecule has 0 fully saturated rings. The van der Waals surface area contributed by atoms with E-state index in [1.165, 1.54) is 5.56 Å². The number of ketones is 1. The van der Waals surface area contributed by atoms with E-state index in [2.05, 4.69) is 19.1 Å². The number of allylic oxidation sites excluding steroid dienone is 2. The van der Waals surface area contributed by atoms with Gasteiger partial charge in [-0.3, -0.25) is 4.79 Å². The van der Waals surface area contributed by atoms with Gasteiger partial charge in [0.15, 0.2) is 5.78 Å². The second kappa shape index (κ2) is 4.93. The van der Waals surface area contributed by atoms with E-state index in [0.29, 0.717) is 0 Å². The first-order valence-corrected chi connectivity index (χ1v) is 6.99. The topological polar surface area (TPSA) is 17.1 Å². The number of hydrogen-bond donors (Lipinski definition) is 0. The number of rotatable bonds is 2. The Labute approximate surface area is 104 Å². The summed E-state index contributed by atoms with van der Waals surface area (Å²) < 4.78 is 1.07. The molecule has 1 aromatic rings. The molecule has 3 heteroatoms. The zero-order valence-corrected chi connectivity index (χ0v) is 10.8. The fourth-order valence-electron chi connectivity index (χ4n) is 1.48. The van der Waals surface area contributed by atoms with Gasteiger partial charge in [-0.05, 0) is 24.8 Å². The molecule has 1 nitrogen and oxygen atoms in total. The number of thioether (sulfide) groups is 2. The molecule has 2 rings (SSSR count). The number of aryl methyl sites for hydroxylation is 1. The summed E-state index contributed by atoms with van der Waals surface area (Å²) in [5.74, 6) is 0.121. The summed E-state index contributed by atoms with van der Waals surface area (Å²) in [6.45, 7) is 2.05. The van der Waals surface area contributed by atoms with Crippen LogP contribution in [-0.2, 0) is 4.79 Å². The molecule has 1 aromatic carbocycles. The summed E-state index contributed by atoms with van der Waals surface area (Å²) >= 11 is 3.17. The first kappa shape index (κ1) is 11.6. The van der Waals surface area contributed by atoms with Crippen LogP contribution < -0.4 is 0 Å². The third-order valence-corrected chi connectivity index (χ3v) is 4.37. The molecule has 0 amide bonds. The van der Waals surface area contributed by atoms with Crippen LogP contribution in [0.15, 0.2) is 39.5 Å². The largest absolute Gasteiger partial charge is 0.289 e. The first-order valence-electron chi connectivity index (χ1n) is 4.95. The summed E-state index contributed by atoms with van der Waals surface area (Å²) in [5, 5.41) is 0. The van der Waals surface area contributed by atoms with Gasteiger partial charge in [-0.2, -0.15) is 0 Å². The monoisotopic (exact) mass is 248 g/mol. The van der Waals surface area contributed by atoms with Crippen LogP contribution in [0, 0.1) is 6.92 Å². The molecule has 1 heterocycles. The summed E-state index contributed by atoms with van der Waals surface area (Å²) in [4.78, 5) is 12.5. The highest BCUT2D eigenvalue weighted by Crippen LogP contribution is 2.40. The molecule has 0 saturated heterocycles. The Morgan fingerprint density at radius 3 is 2.81 bits per heavy atom. The van der Waals surface area contributed by atoms with Crippen molar-refractivity contribution in [2.45, 2.75) is 6.92 Å². The Hall–Kier alpha value is -0.930. The van der Waals surface area contributed by atoms with Crippen molar-refractivity contribution in [2.75, 3.05) is 6.26 Å². The zero-order chi connectivity index (χ0) is 11.5. The summed E-state index contributed by atoms with van der Waals surface area (Å²) in [5.41, 5.74) is 2.30. The Balaban J connectivity index is 2.24. The highest BCUT2D eigenvalue weighted by Gasteiger charge is 2.18. The van der Waals surface area contributed by atoms with Crippen molar-refractivity contribution in [3.05, 3.63) is 50.6 Å². The molecule has 0 radical (unpaired) electrons. The molecule has 16 heavy (non-hydrogen) atoms. The molecule has 0 atom stereocenters. The van der Waals surface area contributed by atoms with Crippen molar-refractivity contribution < 1.29 is 4.79 Å². The van der Waals surface area contributed by atoms with Crippen LogP contribution in [0.1, 0.15) is 11.1 Å². The third-order valence-electron chi connectivity index (χ3n) is 2.24. The summed E-state index contributed by atoms with van der Waals surface area (Å²) in [7, 11) is 0.